The average molecular weight is 139 g/mol. The van der Waals surface area contributed by atoms with Gasteiger partial charge in [-0.05, 0) is 20.8 Å². The first-order valence-corrected chi connectivity index (χ1v) is 3.25. The van der Waals surface area contributed by atoms with Crippen LogP contribution in [0.1, 0.15) is 20.8 Å². The fraction of sp³-hybridized carbons (Fsp3) is 1.00. The van der Waals surface area contributed by atoms with Crippen LogP contribution in [0.3, 0.4) is 0 Å². The normalized spacial score (nSPS) is 9.75. The minimum absolute atomic E-state index is 0.0417. The summed E-state index contributed by atoms with van der Waals surface area (Å²) in [6.45, 7) is 6.06. The van der Waals surface area contributed by atoms with Gasteiger partial charge in [-0.25, -0.2) is 0 Å². The van der Waals surface area contributed by atoms with Crippen LogP contribution < -0.4 is 0 Å². The first-order chi connectivity index (χ1) is 3.56. The molecule has 0 aliphatic carbocycles. The molecule has 0 aliphatic heterocycles. The summed E-state index contributed by atoms with van der Waals surface area (Å²) in [6.07, 6.45) is 1.47. The van der Waals surface area contributed by atoms with Gasteiger partial charge in [-0.15, -0.1) is 11.6 Å². The molecule has 1 nitrogen and oxygen atoms in total. The van der Waals surface area contributed by atoms with Crippen molar-refractivity contribution in [1.82, 2.24) is 0 Å². The molecule has 0 aromatic carbocycles. The largest absolute Gasteiger partial charge is 0.379 e. The van der Waals surface area contributed by atoms with Gasteiger partial charge in [0.05, 0.1) is 5.60 Å². The van der Waals surface area contributed by atoms with Crippen LogP contribution in [0.4, 0.5) is 0 Å². The van der Waals surface area contributed by atoms with Crippen LogP contribution in [0.15, 0.2) is 0 Å². The first kappa shape index (κ1) is 11.1. The van der Waals surface area contributed by atoms with Crippen LogP contribution in [-0.2, 0) is 4.74 Å². The maximum absolute atomic E-state index is 4.94. The summed E-state index contributed by atoms with van der Waals surface area (Å²) in [5.41, 5.74) is 0.0417. The standard InChI is InChI=1S/C5H12O.CH3Cl/c1-5(2,3)6-4;1-2/h1-4H3;1H3. The molecule has 0 fully saturated rings. The molecule has 0 rings (SSSR count). The lowest BCUT2D eigenvalue weighted by molar-refractivity contribution is 0.0397. The molecule has 0 saturated heterocycles. The van der Waals surface area contributed by atoms with Crippen LogP contribution in [0.5, 0.6) is 0 Å². The van der Waals surface area contributed by atoms with E-state index in [9.17, 15) is 0 Å². The van der Waals surface area contributed by atoms with Crippen molar-refractivity contribution in [3.05, 3.63) is 0 Å². The van der Waals surface area contributed by atoms with Crippen LogP contribution in [0, 0.1) is 0 Å². The number of hydrogen-bond acceptors (Lipinski definition) is 1. The first-order valence-electron chi connectivity index (χ1n) is 2.49. The van der Waals surface area contributed by atoms with Crippen molar-refractivity contribution < 1.29 is 4.74 Å². The molecule has 0 amide bonds. The van der Waals surface area contributed by atoms with E-state index >= 15 is 0 Å². The van der Waals surface area contributed by atoms with Crippen LogP contribution in [0.2, 0.25) is 0 Å². The number of hydrogen-bond donors (Lipinski definition) is 0. The van der Waals surface area contributed by atoms with Crippen LogP contribution in [0.25, 0.3) is 0 Å². The van der Waals surface area contributed by atoms with Gasteiger partial charge < -0.3 is 4.74 Å². The summed E-state index contributed by atoms with van der Waals surface area (Å²) in [5, 5.41) is 0. The number of ether oxygens (including phenoxy) is 1. The molecule has 0 unspecified atom stereocenters. The van der Waals surface area contributed by atoms with Gasteiger partial charge in [0, 0.05) is 13.5 Å². The molecule has 0 spiro atoms. The highest BCUT2D eigenvalue weighted by molar-refractivity contribution is 6.15. The van der Waals surface area contributed by atoms with Crippen LogP contribution >= 0.6 is 11.6 Å². The van der Waals surface area contributed by atoms with Gasteiger partial charge in [-0.1, -0.05) is 0 Å². The highest BCUT2D eigenvalue weighted by atomic mass is 35.5. The van der Waals surface area contributed by atoms with E-state index in [1.54, 1.807) is 7.11 Å². The monoisotopic (exact) mass is 138 g/mol. The van der Waals surface area contributed by atoms with Gasteiger partial charge in [-0.2, -0.15) is 0 Å². The molecule has 8 heavy (non-hydrogen) atoms. The number of rotatable bonds is 0. The second-order valence-electron chi connectivity index (χ2n) is 2.32. The Labute approximate surface area is 57.0 Å². The molecule has 0 atom stereocenters. The topological polar surface area (TPSA) is 9.23 Å². The average Bonchev–Trinajstić information content (AvgIpc) is 1.71. The van der Waals surface area contributed by atoms with Crippen molar-refractivity contribution in [3.63, 3.8) is 0 Å². The molecule has 0 N–H and O–H groups in total. The lowest BCUT2D eigenvalue weighted by atomic mass is 10.2. The Kier molecular flexibility index (Phi) is 7.48. The van der Waals surface area contributed by atoms with Crippen molar-refractivity contribution in [2.75, 3.05) is 13.5 Å². The highest BCUT2D eigenvalue weighted by Crippen LogP contribution is 2.02. The second kappa shape index (κ2) is 5.39. The minimum Gasteiger partial charge on any atom is -0.379 e. The fourth-order valence-corrected chi connectivity index (χ4v) is 0. The summed E-state index contributed by atoms with van der Waals surface area (Å²) in [6, 6.07) is 0. The third-order valence-electron chi connectivity index (χ3n) is 0.612. The third kappa shape index (κ3) is 16.3. The highest BCUT2D eigenvalue weighted by Gasteiger charge is 2.03. The van der Waals surface area contributed by atoms with E-state index in [1.807, 2.05) is 20.8 Å². The Bertz CT molecular complexity index is 38.3. The zero-order valence-corrected chi connectivity index (χ0v) is 7.04. The van der Waals surface area contributed by atoms with E-state index in [0.717, 1.165) is 0 Å². The van der Waals surface area contributed by atoms with Gasteiger partial charge in [0.15, 0.2) is 0 Å². The van der Waals surface area contributed by atoms with Crippen molar-refractivity contribution in [2.24, 2.45) is 0 Å². The molecular formula is C6H15ClO. The van der Waals surface area contributed by atoms with Gasteiger partial charge in [0.1, 0.15) is 0 Å². The predicted molar refractivity (Wildman–Crippen MR) is 38.5 cm³/mol. The molecule has 0 saturated carbocycles. The Balaban J connectivity index is 0. The molecule has 0 heterocycles. The Morgan fingerprint density at radius 2 is 1.25 bits per heavy atom. The third-order valence-corrected chi connectivity index (χ3v) is 0.612. The summed E-state index contributed by atoms with van der Waals surface area (Å²) in [7, 11) is 1.71. The van der Waals surface area contributed by atoms with Gasteiger partial charge >= 0.3 is 0 Å². The fourth-order valence-electron chi connectivity index (χ4n) is 0. The van der Waals surface area contributed by atoms with Crippen molar-refractivity contribution in [1.29, 1.82) is 0 Å². The maximum atomic E-state index is 4.94. The summed E-state index contributed by atoms with van der Waals surface area (Å²) >= 11 is 4.64. The summed E-state index contributed by atoms with van der Waals surface area (Å²) in [4.78, 5) is 0. The smallest absolute Gasteiger partial charge is 0.0594 e. The zero-order valence-electron chi connectivity index (χ0n) is 6.29. The van der Waals surface area contributed by atoms with E-state index in [0.29, 0.717) is 0 Å². The Hall–Kier alpha value is 0.250. The van der Waals surface area contributed by atoms with E-state index in [2.05, 4.69) is 11.6 Å². The minimum atomic E-state index is 0.0417. The second-order valence-corrected chi connectivity index (χ2v) is 2.32. The molecule has 0 aliphatic rings. The van der Waals surface area contributed by atoms with E-state index in [4.69, 9.17) is 4.74 Å². The molecule has 0 bridgehead atoms. The Morgan fingerprint density at radius 1 is 1.12 bits per heavy atom. The van der Waals surface area contributed by atoms with Gasteiger partial charge in [-0.3, -0.25) is 0 Å². The van der Waals surface area contributed by atoms with E-state index in [1.165, 1.54) is 6.38 Å². The van der Waals surface area contributed by atoms with Gasteiger partial charge in [0.2, 0.25) is 0 Å². The number of alkyl halides is 1. The maximum Gasteiger partial charge on any atom is 0.0594 e. The Morgan fingerprint density at radius 3 is 1.25 bits per heavy atom. The molecule has 52 valence electrons. The zero-order chi connectivity index (χ0) is 7.21. The molecule has 0 radical (unpaired) electrons. The van der Waals surface area contributed by atoms with Crippen molar-refractivity contribution >= 4 is 11.6 Å². The summed E-state index contributed by atoms with van der Waals surface area (Å²) in [5.74, 6) is 0. The molecule has 0 aromatic heterocycles. The van der Waals surface area contributed by atoms with Crippen molar-refractivity contribution in [2.45, 2.75) is 26.4 Å². The summed E-state index contributed by atoms with van der Waals surface area (Å²) < 4.78 is 4.94. The van der Waals surface area contributed by atoms with Gasteiger partial charge in [0.25, 0.3) is 0 Å². The number of halogens is 1. The van der Waals surface area contributed by atoms with E-state index < -0.39 is 0 Å². The van der Waals surface area contributed by atoms with Crippen LogP contribution in [-0.4, -0.2) is 19.1 Å². The lowest BCUT2D eigenvalue weighted by Crippen LogP contribution is -2.15. The number of methoxy groups -OCH3 is 1. The quantitative estimate of drug-likeness (QED) is 0.467. The lowest BCUT2D eigenvalue weighted by Gasteiger charge is -2.14. The van der Waals surface area contributed by atoms with Crippen molar-refractivity contribution in [3.8, 4) is 0 Å². The molecule has 0 aromatic rings. The molecule has 2 heteroatoms. The SMILES string of the molecule is CCl.COC(C)(C)C. The molecular weight excluding hydrogens is 124 g/mol. The van der Waals surface area contributed by atoms with E-state index in [-0.39, 0.29) is 5.60 Å². The predicted octanol–water partition coefficient (Wildman–Crippen LogP) is 2.29.